The first-order valence-electron chi connectivity index (χ1n) is 5.90. The van der Waals surface area contributed by atoms with E-state index in [2.05, 4.69) is 0 Å². The van der Waals surface area contributed by atoms with Gasteiger partial charge in [0, 0.05) is 12.1 Å². The van der Waals surface area contributed by atoms with Crippen molar-refractivity contribution < 1.29 is 27.4 Å². The molecule has 0 radical (unpaired) electrons. The first-order valence-corrected chi connectivity index (χ1v) is 5.90. The Kier molecular flexibility index (Phi) is 5.24. The Hall–Kier alpha value is -1.92. The topological polar surface area (TPSA) is 38.8 Å². The van der Waals surface area contributed by atoms with Crippen LogP contribution in [0.2, 0.25) is 0 Å². The Morgan fingerprint density at radius 2 is 1.80 bits per heavy atom. The summed E-state index contributed by atoms with van der Waals surface area (Å²) in [5.41, 5.74) is 0.119. The van der Waals surface area contributed by atoms with E-state index < -0.39 is 18.6 Å². The molecule has 0 atom stereocenters. The van der Waals surface area contributed by atoms with Crippen molar-refractivity contribution in [3.8, 4) is 11.5 Å². The number of alkyl halides is 3. The van der Waals surface area contributed by atoms with Gasteiger partial charge in [-0.3, -0.25) is 4.79 Å². The highest BCUT2D eigenvalue weighted by molar-refractivity contribution is 5.95. The van der Waals surface area contributed by atoms with E-state index in [-0.39, 0.29) is 12.1 Å². The lowest BCUT2D eigenvalue weighted by molar-refractivity contribution is -0.140. The molecular weight excluding hydrogens is 275 g/mol. The molecule has 4 nitrogen and oxygen atoms in total. The molecule has 1 aromatic carbocycles. The molecule has 1 rings (SSSR count). The van der Waals surface area contributed by atoms with Gasteiger partial charge in [0.2, 0.25) is 0 Å². The lowest BCUT2D eigenvalue weighted by atomic mass is 10.1. The van der Waals surface area contributed by atoms with Crippen LogP contribution in [-0.2, 0) is 0 Å². The van der Waals surface area contributed by atoms with Crippen LogP contribution < -0.4 is 9.47 Å². The van der Waals surface area contributed by atoms with Crippen LogP contribution in [0.4, 0.5) is 13.2 Å². The van der Waals surface area contributed by atoms with E-state index in [9.17, 15) is 18.0 Å². The van der Waals surface area contributed by atoms with Crippen molar-refractivity contribution in [3.05, 3.63) is 23.8 Å². The van der Waals surface area contributed by atoms with Crippen LogP contribution in [0.5, 0.6) is 11.5 Å². The Morgan fingerprint density at radius 1 is 1.20 bits per heavy atom. The van der Waals surface area contributed by atoms with E-state index >= 15 is 0 Å². The zero-order chi connectivity index (χ0) is 15.3. The van der Waals surface area contributed by atoms with Crippen molar-refractivity contribution in [2.24, 2.45) is 0 Å². The molecule has 1 aromatic rings. The van der Waals surface area contributed by atoms with Gasteiger partial charge in [0.1, 0.15) is 6.54 Å². The summed E-state index contributed by atoms with van der Waals surface area (Å²) < 4.78 is 47.2. The summed E-state index contributed by atoms with van der Waals surface area (Å²) in [7, 11) is 2.82. The van der Waals surface area contributed by atoms with Gasteiger partial charge in [-0.25, -0.2) is 0 Å². The SMILES string of the molecule is CCN(CC(F)(F)F)C(=O)c1ccc(OC)c(OC)c1. The maximum Gasteiger partial charge on any atom is 0.406 e. The number of rotatable bonds is 5. The summed E-state index contributed by atoms with van der Waals surface area (Å²) in [6, 6.07) is 4.25. The van der Waals surface area contributed by atoms with Gasteiger partial charge >= 0.3 is 6.18 Å². The third-order valence-electron chi connectivity index (χ3n) is 2.67. The Bertz CT molecular complexity index is 474. The lowest BCUT2D eigenvalue weighted by Gasteiger charge is -2.22. The average molecular weight is 291 g/mol. The quantitative estimate of drug-likeness (QED) is 0.837. The first kappa shape index (κ1) is 16.1. The molecule has 0 unspecified atom stereocenters. The second kappa shape index (κ2) is 6.49. The predicted molar refractivity (Wildman–Crippen MR) is 67.2 cm³/mol. The number of carbonyl (C=O) groups is 1. The molecule has 1 amide bonds. The highest BCUT2D eigenvalue weighted by Crippen LogP contribution is 2.28. The number of ether oxygens (including phenoxy) is 2. The molecule has 0 spiro atoms. The largest absolute Gasteiger partial charge is 0.493 e. The minimum Gasteiger partial charge on any atom is -0.493 e. The van der Waals surface area contributed by atoms with Crippen molar-refractivity contribution >= 4 is 5.91 Å². The van der Waals surface area contributed by atoms with Gasteiger partial charge in [-0.2, -0.15) is 13.2 Å². The minimum absolute atomic E-state index is 0.0350. The van der Waals surface area contributed by atoms with Crippen LogP contribution in [0.1, 0.15) is 17.3 Å². The van der Waals surface area contributed by atoms with Crippen LogP contribution in [0.3, 0.4) is 0 Å². The zero-order valence-corrected chi connectivity index (χ0v) is 11.5. The fraction of sp³-hybridized carbons (Fsp3) is 0.462. The highest BCUT2D eigenvalue weighted by Gasteiger charge is 2.32. The fourth-order valence-corrected chi connectivity index (χ4v) is 1.70. The van der Waals surface area contributed by atoms with E-state index in [1.54, 1.807) is 0 Å². The summed E-state index contributed by atoms with van der Waals surface area (Å²) in [4.78, 5) is 12.8. The van der Waals surface area contributed by atoms with E-state index in [1.165, 1.54) is 39.3 Å². The number of nitrogens with zero attached hydrogens (tertiary/aromatic N) is 1. The molecule has 0 heterocycles. The van der Waals surface area contributed by atoms with Gasteiger partial charge in [0.25, 0.3) is 5.91 Å². The van der Waals surface area contributed by atoms with Gasteiger partial charge in [0.05, 0.1) is 14.2 Å². The molecule has 20 heavy (non-hydrogen) atoms. The Labute approximate surface area is 115 Å². The van der Waals surface area contributed by atoms with Gasteiger partial charge < -0.3 is 14.4 Å². The maximum absolute atomic E-state index is 12.4. The van der Waals surface area contributed by atoms with Crippen molar-refractivity contribution in [2.75, 3.05) is 27.3 Å². The summed E-state index contributed by atoms with van der Waals surface area (Å²) in [6.07, 6.45) is -4.43. The van der Waals surface area contributed by atoms with Crippen LogP contribution in [0.25, 0.3) is 0 Å². The number of amides is 1. The molecule has 0 saturated heterocycles. The standard InChI is InChI=1S/C13H16F3NO3/c1-4-17(8-13(14,15)16)12(18)9-5-6-10(19-2)11(7-9)20-3/h5-7H,4,8H2,1-3H3. The summed E-state index contributed by atoms with van der Waals surface area (Å²) in [5, 5.41) is 0. The highest BCUT2D eigenvalue weighted by atomic mass is 19.4. The fourth-order valence-electron chi connectivity index (χ4n) is 1.70. The molecule has 0 saturated carbocycles. The monoisotopic (exact) mass is 291 g/mol. The Morgan fingerprint density at radius 3 is 2.25 bits per heavy atom. The normalized spacial score (nSPS) is 11.1. The van der Waals surface area contributed by atoms with Crippen LogP contribution in [-0.4, -0.2) is 44.3 Å². The second-order valence-electron chi connectivity index (χ2n) is 4.00. The predicted octanol–water partition coefficient (Wildman–Crippen LogP) is 2.73. The number of hydrogen-bond donors (Lipinski definition) is 0. The van der Waals surface area contributed by atoms with E-state index in [0.717, 1.165) is 4.90 Å². The first-order chi connectivity index (χ1) is 9.32. The maximum atomic E-state index is 12.4. The smallest absolute Gasteiger partial charge is 0.406 e. The van der Waals surface area contributed by atoms with Crippen molar-refractivity contribution in [3.63, 3.8) is 0 Å². The van der Waals surface area contributed by atoms with Crippen molar-refractivity contribution in [1.29, 1.82) is 0 Å². The molecule has 0 fully saturated rings. The van der Waals surface area contributed by atoms with E-state index in [4.69, 9.17) is 9.47 Å². The van der Waals surface area contributed by atoms with E-state index in [1.807, 2.05) is 0 Å². The molecule has 0 bridgehead atoms. The molecular formula is C13H16F3NO3. The molecule has 0 aliphatic carbocycles. The van der Waals surface area contributed by atoms with Gasteiger partial charge in [-0.15, -0.1) is 0 Å². The minimum atomic E-state index is -4.43. The average Bonchev–Trinajstić information content (AvgIpc) is 2.42. The summed E-state index contributed by atoms with van der Waals surface area (Å²) in [6.45, 7) is 0.174. The molecule has 0 aliphatic rings. The Balaban J connectivity index is 3.01. The number of hydrogen-bond acceptors (Lipinski definition) is 3. The zero-order valence-electron chi connectivity index (χ0n) is 11.5. The molecule has 112 valence electrons. The van der Waals surface area contributed by atoms with Crippen molar-refractivity contribution in [2.45, 2.75) is 13.1 Å². The van der Waals surface area contributed by atoms with Crippen molar-refractivity contribution in [1.82, 2.24) is 4.90 Å². The van der Waals surface area contributed by atoms with E-state index in [0.29, 0.717) is 11.5 Å². The number of methoxy groups -OCH3 is 2. The van der Waals surface area contributed by atoms with Crippen LogP contribution in [0.15, 0.2) is 18.2 Å². The summed E-state index contributed by atoms with van der Waals surface area (Å²) >= 11 is 0. The molecule has 0 aromatic heterocycles. The summed E-state index contributed by atoms with van der Waals surface area (Å²) in [5.74, 6) is -0.00453. The number of carbonyl (C=O) groups excluding carboxylic acids is 1. The lowest BCUT2D eigenvalue weighted by Crippen LogP contribution is -2.38. The number of benzene rings is 1. The number of halogens is 3. The van der Waals surface area contributed by atoms with Gasteiger partial charge in [-0.05, 0) is 25.1 Å². The van der Waals surface area contributed by atoms with Crippen LogP contribution >= 0.6 is 0 Å². The third kappa shape index (κ3) is 4.04. The third-order valence-corrected chi connectivity index (χ3v) is 2.67. The molecule has 7 heteroatoms. The van der Waals surface area contributed by atoms with Crippen LogP contribution in [0, 0.1) is 0 Å². The van der Waals surface area contributed by atoms with Gasteiger partial charge in [0.15, 0.2) is 11.5 Å². The molecule has 0 aliphatic heterocycles. The molecule has 0 N–H and O–H groups in total. The van der Waals surface area contributed by atoms with Gasteiger partial charge in [-0.1, -0.05) is 0 Å². The second-order valence-corrected chi connectivity index (χ2v) is 4.00.